The van der Waals surface area contributed by atoms with E-state index in [0.29, 0.717) is 23.1 Å². The van der Waals surface area contributed by atoms with Crippen LogP contribution in [-0.4, -0.2) is 30.7 Å². The fraction of sp³-hybridized carbons (Fsp3) is 0.333. The minimum Gasteiger partial charge on any atom is -0.408 e. The Bertz CT molecular complexity index is 814. The van der Waals surface area contributed by atoms with E-state index < -0.39 is 21.5 Å². The number of Topliss-reactive ketones (excluding diaryl/α,β-unsaturated/α-hetero) is 1. The zero-order valence-electron chi connectivity index (χ0n) is 9.88. The number of sulfone groups is 1. The molecule has 1 aromatic carbocycles. The predicted molar refractivity (Wildman–Crippen MR) is 67.9 cm³/mol. The molecule has 1 unspecified atom stereocenters. The highest BCUT2D eigenvalue weighted by molar-refractivity contribution is 7.91. The number of oxazole rings is 1. The van der Waals surface area contributed by atoms with Crippen LogP contribution in [0.5, 0.6) is 0 Å². The minimum atomic E-state index is -3.09. The highest BCUT2D eigenvalue weighted by Gasteiger charge is 2.33. The smallest absolute Gasteiger partial charge is 0.408 e. The molecule has 7 heteroatoms. The summed E-state index contributed by atoms with van der Waals surface area (Å²) in [6.45, 7) is 0. The third-order valence-corrected chi connectivity index (χ3v) is 5.08. The van der Waals surface area contributed by atoms with Crippen molar-refractivity contribution in [1.29, 1.82) is 0 Å². The van der Waals surface area contributed by atoms with Crippen LogP contribution in [0.1, 0.15) is 16.8 Å². The Morgan fingerprint density at radius 2 is 2.16 bits per heavy atom. The molecule has 1 fully saturated rings. The molecule has 3 rings (SSSR count). The van der Waals surface area contributed by atoms with Crippen LogP contribution in [0.25, 0.3) is 11.1 Å². The van der Waals surface area contributed by atoms with Crippen LogP contribution < -0.4 is 5.76 Å². The molecule has 0 amide bonds. The zero-order chi connectivity index (χ0) is 13.6. The van der Waals surface area contributed by atoms with Crippen molar-refractivity contribution < 1.29 is 17.6 Å². The SMILES string of the molecule is O=C(c1ccc2[nH]c(=O)oc2c1)C1CCS(=O)(=O)C1. The monoisotopic (exact) mass is 281 g/mol. The molecular weight excluding hydrogens is 270 g/mol. The van der Waals surface area contributed by atoms with Gasteiger partial charge in [0, 0.05) is 11.5 Å². The van der Waals surface area contributed by atoms with Crippen molar-refractivity contribution in [3.8, 4) is 0 Å². The summed E-state index contributed by atoms with van der Waals surface area (Å²) in [6, 6.07) is 4.62. The Balaban J connectivity index is 1.95. The maximum absolute atomic E-state index is 12.2. The van der Waals surface area contributed by atoms with Crippen LogP contribution in [0, 0.1) is 5.92 Å². The number of aromatic nitrogens is 1. The number of H-pyrrole nitrogens is 1. The fourth-order valence-corrected chi connectivity index (χ4v) is 4.08. The summed E-state index contributed by atoms with van der Waals surface area (Å²) < 4.78 is 27.6. The van der Waals surface area contributed by atoms with Gasteiger partial charge in [-0.2, -0.15) is 0 Å². The molecule has 0 radical (unpaired) electrons. The minimum absolute atomic E-state index is 0.0604. The van der Waals surface area contributed by atoms with Gasteiger partial charge in [0.05, 0.1) is 17.0 Å². The molecule has 0 bridgehead atoms. The van der Waals surface area contributed by atoms with Gasteiger partial charge in [-0.25, -0.2) is 13.2 Å². The van der Waals surface area contributed by atoms with Gasteiger partial charge in [-0.05, 0) is 24.6 Å². The third-order valence-electron chi connectivity index (χ3n) is 3.31. The van der Waals surface area contributed by atoms with E-state index in [9.17, 15) is 18.0 Å². The van der Waals surface area contributed by atoms with E-state index in [1.54, 1.807) is 12.1 Å². The second kappa shape index (κ2) is 4.06. The van der Waals surface area contributed by atoms with Crippen molar-refractivity contribution in [3.63, 3.8) is 0 Å². The lowest BCUT2D eigenvalue weighted by Gasteiger charge is -2.06. The number of nitrogens with one attached hydrogen (secondary N) is 1. The third kappa shape index (κ3) is 2.21. The molecule has 1 N–H and O–H groups in total. The Morgan fingerprint density at radius 3 is 2.84 bits per heavy atom. The van der Waals surface area contributed by atoms with Crippen molar-refractivity contribution in [2.75, 3.05) is 11.5 Å². The van der Waals surface area contributed by atoms with Crippen LogP contribution >= 0.6 is 0 Å². The van der Waals surface area contributed by atoms with Crippen LogP contribution in [0.2, 0.25) is 0 Å². The lowest BCUT2D eigenvalue weighted by Crippen LogP contribution is -2.16. The summed E-state index contributed by atoms with van der Waals surface area (Å²) in [7, 11) is -3.09. The van der Waals surface area contributed by atoms with E-state index in [1.165, 1.54) is 6.07 Å². The number of carbonyl (C=O) groups is 1. The Kier molecular flexibility index (Phi) is 2.60. The molecule has 2 heterocycles. The standard InChI is InChI=1S/C12H11NO5S/c14-11(8-3-4-19(16,17)6-8)7-1-2-9-10(5-7)18-12(15)13-9/h1-2,5,8H,3-4,6H2,(H,13,15). The first-order valence-corrected chi connectivity index (χ1v) is 7.64. The highest BCUT2D eigenvalue weighted by Crippen LogP contribution is 2.24. The summed E-state index contributed by atoms with van der Waals surface area (Å²) in [5.41, 5.74) is 1.19. The largest absolute Gasteiger partial charge is 0.417 e. The maximum Gasteiger partial charge on any atom is 0.417 e. The lowest BCUT2D eigenvalue weighted by molar-refractivity contribution is 0.0933. The average molecular weight is 281 g/mol. The van der Waals surface area contributed by atoms with Gasteiger partial charge in [-0.1, -0.05) is 0 Å². The molecular formula is C12H11NO5S. The number of ketones is 1. The number of aromatic amines is 1. The topological polar surface area (TPSA) is 97.2 Å². The Hall–Kier alpha value is -1.89. The van der Waals surface area contributed by atoms with Gasteiger partial charge >= 0.3 is 5.76 Å². The van der Waals surface area contributed by atoms with Crippen LogP contribution in [0.4, 0.5) is 0 Å². The first-order valence-electron chi connectivity index (χ1n) is 5.82. The molecule has 1 aliphatic rings. The lowest BCUT2D eigenvalue weighted by atomic mass is 9.97. The quantitative estimate of drug-likeness (QED) is 0.819. The fourth-order valence-electron chi connectivity index (χ4n) is 2.34. The van der Waals surface area contributed by atoms with Gasteiger partial charge in [-0.15, -0.1) is 0 Å². The molecule has 0 spiro atoms. The summed E-state index contributed by atoms with van der Waals surface area (Å²) in [4.78, 5) is 25.7. The maximum atomic E-state index is 12.2. The molecule has 19 heavy (non-hydrogen) atoms. The summed E-state index contributed by atoms with van der Waals surface area (Å²) >= 11 is 0. The first-order chi connectivity index (χ1) is 8.94. The number of fused-ring (bicyclic) bond motifs is 1. The molecule has 2 aromatic rings. The molecule has 6 nitrogen and oxygen atoms in total. The predicted octanol–water partition coefficient (Wildman–Crippen LogP) is 0.738. The van der Waals surface area contributed by atoms with Gasteiger partial charge in [0.1, 0.15) is 0 Å². The van der Waals surface area contributed by atoms with E-state index in [4.69, 9.17) is 4.42 Å². The first kappa shape index (κ1) is 12.2. The Morgan fingerprint density at radius 1 is 1.37 bits per heavy atom. The molecule has 1 atom stereocenters. The van der Waals surface area contributed by atoms with E-state index >= 15 is 0 Å². The van der Waals surface area contributed by atoms with E-state index in [1.807, 2.05) is 0 Å². The van der Waals surface area contributed by atoms with Crippen molar-refractivity contribution in [1.82, 2.24) is 4.98 Å². The second-order valence-corrected chi connectivity index (χ2v) is 6.92. The summed E-state index contributed by atoms with van der Waals surface area (Å²) in [5.74, 6) is -1.32. The average Bonchev–Trinajstić information content (AvgIpc) is 2.88. The number of hydrogen-bond acceptors (Lipinski definition) is 5. The summed E-state index contributed by atoms with van der Waals surface area (Å²) in [6.07, 6.45) is 0.357. The second-order valence-electron chi connectivity index (χ2n) is 4.69. The van der Waals surface area contributed by atoms with Gasteiger partial charge in [0.15, 0.2) is 21.2 Å². The van der Waals surface area contributed by atoms with E-state index in [-0.39, 0.29) is 17.3 Å². The van der Waals surface area contributed by atoms with Gasteiger partial charge in [0.2, 0.25) is 0 Å². The Labute approximate surface area is 108 Å². The van der Waals surface area contributed by atoms with Gasteiger partial charge < -0.3 is 4.42 Å². The van der Waals surface area contributed by atoms with E-state index in [2.05, 4.69) is 4.98 Å². The van der Waals surface area contributed by atoms with Crippen molar-refractivity contribution in [3.05, 3.63) is 34.3 Å². The number of carbonyl (C=O) groups excluding carboxylic acids is 1. The van der Waals surface area contributed by atoms with Gasteiger partial charge in [0.25, 0.3) is 0 Å². The van der Waals surface area contributed by atoms with Gasteiger partial charge in [-0.3, -0.25) is 9.78 Å². The molecule has 100 valence electrons. The highest BCUT2D eigenvalue weighted by atomic mass is 32.2. The molecule has 1 aromatic heterocycles. The van der Waals surface area contributed by atoms with Crippen molar-refractivity contribution >= 4 is 26.7 Å². The normalized spacial score (nSPS) is 21.8. The molecule has 1 aliphatic heterocycles. The van der Waals surface area contributed by atoms with Crippen LogP contribution in [0.3, 0.4) is 0 Å². The zero-order valence-corrected chi connectivity index (χ0v) is 10.7. The van der Waals surface area contributed by atoms with Crippen LogP contribution in [0.15, 0.2) is 27.4 Å². The van der Waals surface area contributed by atoms with Crippen molar-refractivity contribution in [2.24, 2.45) is 5.92 Å². The molecule has 0 aliphatic carbocycles. The van der Waals surface area contributed by atoms with Crippen LogP contribution in [-0.2, 0) is 9.84 Å². The number of benzene rings is 1. The van der Waals surface area contributed by atoms with Crippen molar-refractivity contribution in [2.45, 2.75) is 6.42 Å². The molecule has 0 saturated carbocycles. The number of rotatable bonds is 2. The number of hydrogen-bond donors (Lipinski definition) is 1. The van der Waals surface area contributed by atoms with E-state index in [0.717, 1.165) is 0 Å². The summed E-state index contributed by atoms with van der Waals surface area (Å²) in [5, 5.41) is 0. The molecule has 1 saturated heterocycles.